The fraction of sp³-hybridized carbons (Fsp3) is 0.0625. The van der Waals surface area contributed by atoms with E-state index in [0.29, 0.717) is 6.54 Å². The van der Waals surface area contributed by atoms with E-state index in [1.54, 1.807) is 17.6 Å². The fourth-order valence-corrected chi connectivity index (χ4v) is 5.58. The minimum atomic E-state index is -0.497. The number of nitrogens with one attached hydrogen (secondary N) is 1. The highest BCUT2D eigenvalue weighted by molar-refractivity contribution is 8.24. The van der Waals surface area contributed by atoms with Crippen LogP contribution in [0.3, 0.4) is 0 Å². The zero-order valence-corrected chi connectivity index (χ0v) is 12.9. The number of thiazole rings is 1. The van der Waals surface area contributed by atoms with Gasteiger partial charge < -0.3 is 9.73 Å². The summed E-state index contributed by atoms with van der Waals surface area (Å²) in [6.07, 6.45) is 5.96. The molecule has 3 aromatic rings. The number of fused-ring (bicyclic) bond motifs is 1. The molecule has 1 unspecified atom stereocenters. The molecular formula is C16H14N2OS2. The van der Waals surface area contributed by atoms with E-state index in [-0.39, 0.29) is 0 Å². The predicted molar refractivity (Wildman–Crippen MR) is 89.6 cm³/mol. The van der Waals surface area contributed by atoms with Crippen LogP contribution in [0.1, 0.15) is 5.76 Å². The normalized spacial score (nSPS) is 19.0. The van der Waals surface area contributed by atoms with E-state index < -0.39 is 10.9 Å². The molecule has 21 heavy (non-hydrogen) atoms. The Hall–Kier alpha value is -1.98. The van der Waals surface area contributed by atoms with Crippen LogP contribution in [0.25, 0.3) is 10.2 Å². The fourth-order valence-electron chi connectivity index (χ4n) is 2.25. The molecule has 4 rings (SSSR count). The Balaban J connectivity index is 1.56. The summed E-state index contributed by atoms with van der Waals surface area (Å²) in [7, 11) is -0.497. The second-order valence-corrected chi connectivity index (χ2v) is 7.94. The lowest BCUT2D eigenvalue weighted by Gasteiger charge is -2.16. The first-order valence-electron chi connectivity index (χ1n) is 6.70. The molecule has 0 bridgehead atoms. The third-order valence-electron chi connectivity index (χ3n) is 3.26. The molecule has 5 heteroatoms. The second-order valence-electron chi connectivity index (χ2n) is 4.66. The number of benzene rings is 1. The molecule has 0 spiro atoms. The summed E-state index contributed by atoms with van der Waals surface area (Å²) in [5.41, 5.74) is 1.09. The highest BCUT2D eigenvalue weighted by Crippen LogP contribution is 2.49. The van der Waals surface area contributed by atoms with Gasteiger partial charge in [-0.3, -0.25) is 0 Å². The average molecular weight is 314 g/mol. The maximum atomic E-state index is 5.37. The van der Waals surface area contributed by atoms with Gasteiger partial charge in [0.25, 0.3) is 0 Å². The van der Waals surface area contributed by atoms with Crippen LogP contribution in [-0.4, -0.2) is 4.98 Å². The van der Waals surface area contributed by atoms with Crippen molar-refractivity contribution in [1.29, 1.82) is 0 Å². The molecule has 0 amide bonds. The summed E-state index contributed by atoms with van der Waals surface area (Å²) in [6, 6.07) is 12.2. The van der Waals surface area contributed by atoms with Crippen LogP contribution >= 0.6 is 22.2 Å². The lowest BCUT2D eigenvalue weighted by molar-refractivity contribution is 0.499. The lowest BCUT2D eigenvalue weighted by atomic mass is 10.3. The van der Waals surface area contributed by atoms with Gasteiger partial charge in [-0.25, -0.2) is 4.98 Å². The zero-order valence-electron chi connectivity index (χ0n) is 11.2. The first-order valence-corrected chi connectivity index (χ1v) is 8.92. The molecule has 3 nitrogen and oxygen atoms in total. The van der Waals surface area contributed by atoms with Crippen LogP contribution in [0.15, 0.2) is 74.0 Å². The van der Waals surface area contributed by atoms with Gasteiger partial charge >= 0.3 is 0 Å². The van der Waals surface area contributed by atoms with Gasteiger partial charge in [-0.15, -0.1) is 22.2 Å². The summed E-state index contributed by atoms with van der Waals surface area (Å²) in [5, 5.41) is 6.96. The largest absolute Gasteiger partial charge is 0.467 e. The van der Waals surface area contributed by atoms with E-state index in [0.717, 1.165) is 11.3 Å². The molecule has 0 radical (unpaired) electrons. The molecule has 1 atom stereocenters. The Bertz CT molecular complexity index is 785. The maximum Gasteiger partial charge on any atom is 0.140 e. The topological polar surface area (TPSA) is 38.1 Å². The highest BCUT2D eigenvalue weighted by Gasteiger charge is 2.17. The number of rotatable bonds is 4. The number of furan rings is 1. The van der Waals surface area contributed by atoms with Gasteiger partial charge in [0.1, 0.15) is 10.1 Å². The minimum Gasteiger partial charge on any atom is -0.467 e. The molecule has 106 valence electrons. The number of thiol groups is 1. The van der Waals surface area contributed by atoms with Gasteiger partial charge in [-0.1, -0.05) is 18.2 Å². The van der Waals surface area contributed by atoms with Gasteiger partial charge in [-0.05, 0) is 35.7 Å². The SMILES string of the molecule is C1=C[SH](c2nc3ccccc3s2)C(NCc2ccco2)=C1. The summed E-state index contributed by atoms with van der Waals surface area (Å²) in [4.78, 5) is 4.78. The average Bonchev–Trinajstić information content (AvgIpc) is 3.24. The second kappa shape index (κ2) is 5.42. The van der Waals surface area contributed by atoms with Crippen molar-refractivity contribution in [2.24, 2.45) is 0 Å². The van der Waals surface area contributed by atoms with Crippen LogP contribution in [0.2, 0.25) is 0 Å². The van der Waals surface area contributed by atoms with Gasteiger partial charge in [0.05, 0.1) is 28.1 Å². The first kappa shape index (κ1) is 12.7. The molecule has 0 aliphatic carbocycles. The minimum absolute atomic E-state index is 0.497. The van der Waals surface area contributed by atoms with Crippen LogP contribution < -0.4 is 5.32 Å². The van der Waals surface area contributed by atoms with E-state index in [4.69, 9.17) is 9.40 Å². The molecule has 3 heterocycles. The quantitative estimate of drug-likeness (QED) is 0.701. The van der Waals surface area contributed by atoms with E-state index in [1.165, 1.54) is 14.1 Å². The Morgan fingerprint density at radius 1 is 1.19 bits per heavy atom. The Kier molecular flexibility index (Phi) is 3.29. The first-order chi connectivity index (χ1) is 10.4. The molecule has 1 N–H and O–H groups in total. The Morgan fingerprint density at radius 2 is 2.14 bits per heavy atom. The highest BCUT2D eigenvalue weighted by atomic mass is 32.2. The molecule has 2 aromatic heterocycles. The van der Waals surface area contributed by atoms with Crippen LogP contribution in [0, 0.1) is 0 Å². The van der Waals surface area contributed by atoms with Crippen molar-refractivity contribution in [3.63, 3.8) is 0 Å². The number of hydrogen-bond acceptors (Lipinski definition) is 4. The number of para-hydroxylation sites is 1. The monoisotopic (exact) mass is 314 g/mol. The smallest absolute Gasteiger partial charge is 0.140 e. The van der Waals surface area contributed by atoms with Crippen molar-refractivity contribution >= 4 is 32.4 Å². The van der Waals surface area contributed by atoms with Crippen LogP contribution in [0.4, 0.5) is 0 Å². The molecule has 1 aromatic carbocycles. The lowest BCUT2D eigenvalue weighted by Crippen LogP contribution is -2.11. The van der Waals surface area contributed by atoms with Crippen LogP contribution in [-0.2, 0) is 6.54 Å². The summed E-state index contributed by atoms with van der Waals surface area (Å²) >= 11 is 1.78. The number of aromatic nitrogens is 1. The Morgan fingerprint density at radius 3 is 3.00 bits per heavy atom. The Labute approximate surface area is 129 Å². The molecule has 0 saturated heterocycles. The van der Waals surface area contributed by atoms with Crippen molar-refractivity contribution in [2.45, 2.75) is 10.9 Å². The van der Waals surface area contributed by atoms with E-state index >= 15 is 0 Å². The van der Waals surface area contributed by atoms with Crippen LogP contribution in [0.5, 0.6) is 0 Å². The summed E-state index contributed by atoms with van der Waals surface area (Å²) < 4.78 is 7.81. The third-order valence-corrected chi connectivity index (χ3v) is 6.77. The zero-order chi connectivity index (χ0) is 14.1. The standard InChI is InChI=1S/C16H14N2OS2/c1-2-7-14-13(6-1)18-16(20-14)21-10-4-8-15(21)17-11-12-5-3-9-19-12/h1-10,17,21H,11H2. The van der Waals surface area contributed by atoms with Crippen molar-refractivity contribution in [2.75, 3.05) is 0 Å². The summed E-state index contributed by atoms with van der Waals surface area (Å²) in [6.45, 7) is 0.713. The van der Waals surface area contributed by atoms with E-state index in [1.807, 2.05) is 18.2 Å². The van der Waals surface area contributed by atoms with Crippen molar-refractivity contribution in [3.8, 4) is 0 Å². The maximum absolute atomic E-state index is 5.37. The van der Waals surface area contributed by atoms with Crippen molar-refractivity contribution < 1.29 is 4.42 Å². The predicted octanol–water partition coefficient (Wildman–Crippen LogP) is 4.41. The molecule has 0 fully saturated rings. The molecular weight excluding hydrogens is 300 g/mol. The summed E-state index contributed by atoms with van der Waals surface area (Å²) in [5.74, 6) is 0.946. The van der Waals surface area contributed by atoms with Crippen molar-refractivity contribution in [1.82, 2.24) is 10.3 Å². The number of hydrogen-bond donors (Lipinski definition) is 2. The number of allylic oxidation sites excluding steroid dienone is 2. The van der Waals surface area contributed by atoms with E-state index in [2.05, 4.69) is 41.1 Å². The van der Waals surface area contributed by atoms with Gasteiger partial charge in [0.15, 0.2) is 0 Å². The van der Waals surface area contributed by atoms with Gasteiger partial charge in [-0.2, -0.15) is 0 Å². The number of nitrogens with zero attached hydrogens (tertiary/aromatic N) is 1. The van der Waals surface area contributed by atoms with Crippen molar-refractivity contribution in [3.05, 3.63) is 71.0 Å². The van der Waals surface area contributed by atoms with E-state index in [9.17, 15) is 0 Å². The molecule has 1 aliphatic heterocycles. The molecule has 1 aliphatic rings. The third kappa shape index (κ3) is 2.50. The van der Waals surface area contributed by atoms with Gasteiger partial charge in [0, 0.05) is 0 Å². The van der Waals surface area contributed by atoms with Gasteiger partial charge in [0.2, 0.25) is 0 Å². The molecule has 0 saturated carbocycles.